The molecule has 2 saturated heterocycles. The number of benzene rings is 1. The van der Waals surface area contributed by atoms with E-state index < -0.39 is 0 Å². The van der Waals surface area contributed by atoms with E-state index in [4.69, 9.17) is 16.3 Å². The monoisotopic (exact) mass is 429 g/mol. The number of likely N-dealkylation sites (tertiary alicyclic amines) is 1. The van der Waals surface area contributed by atoms with Crippen molar-refractivity contribution in [1.29, 1.82) is 0 Å². The molecule has 1 N–H and O–H groups in total. The first-order valence-electron chi connectivity index (χ1n) is 10.8. The summed E-state index contributed by atoms with van der Waals surface area (Å²) in [7, 11) is 0. The molecule has 1 aliphatic carbocycles. The molecule has 1 unspecified atom stereocenters. The Labute approximate surface area is 181 Å². The number of nitrogens with zero attached hydrogens (tertiary/aromatic N) is 4. The van der Waals surface area contributed by atoms with Crippen LogP contribution in [0.4, 0.5) is 10.5 Å². The van der Waals surface area contributed by atoms with Gasteiger partial charge >= 0.3 is 6.03 Å². The molecule has 7 nitrogen and oxygen atoms in total. The van der Waals surface area contributed by atoms with Crippen LogP contribution in [-0.2, 0) is 11.3 Å². The van der Waals surface area contributed by atoms with E-state index in [1.54, 1.807) is 0 Å². The summed E-state index contributed by atoms with van der Waals surface area (Å²) in [5, 5.41) is 12.3. The van der Waals surface area contributed by atoms with Crippen molar-refractivity contribution in [2.24, 2.45) is 11.3 Å². The molecule has 3 heterocycles. The number of carbonyl (C=O) groups excluding carboxylic acids is 1. The molecule has 1 atom stereocenters. The second-order valence-corrected chi connectivity index (χ2v) is 9.51. The van der Waals surface area contributed by atoms with Gasteiger partial charge in [-0.1, -0.05) is 17.7 Å². The number of nitrogens with one attached hydrogen (secondary N) is 1. The predicted octanol–water partition coefficient (Wildman–Crippen LogP) is 4.08. The molecule has 1 aromatic carbocycles. The Morgan fingerprint density at radius 1 is 1.33 bits per heavy atom. The molecule has 8 heteroatoms. The predicted molar refractivity (Wildman–Crippen MR) is 115 cm³/mol. The van der Waals surface area contributed by atoms with Crippen LogP contribution in [0.25, 0.3) is 0 Å². The van der Waals surface area contributed by atoms with Crippen molar-refractivity contribution in [2.45, 2.75) is 45.1 Å². The first-order chi connectivity index (χ1) is 14.5. The average Bonchev–Trinajstić information content (AvgIpc) is 3.31. The molecule has 1 saturated carbocycles. The molecule has 3 fully saturated rings. The highest BCUT2D eigenvalue weighted by Crippen LogP contribution is 2.49. The number of carbonyl (C=O) groups is 1. The van der Waals surface area contributed by atoms with Gasteiger partial charge in [-0.05, 0) is 56.2 Å². The van der Waals surface area contributed by atoms with Crippen molar-refractivity contribution in [1.82, 2.24) is 19.7 Å². The number of anilines is 1. The summed E-state index contributed by atoms with van der Waals surface area (Å²) in [4.78, 5) is 15.1. The Morgan fingerprint density at radius 3 is 2.87 bits per heavy atom. The van der Waals surface area contributed by atoms with Gasteiger partial charge in [-0.15, -0.1) is 10.2 Å². The molecule has 0 bridgehead atoms. The number of aryl methyl sites for hydroxylation is 1. The van der Waals surface area contributed by atoms with Gasteiger partial charge in [0, 0.05) is 44.2 Å². The number of amides is 2. The summed E-state index contributed by atoms with van der Waals surface area (Å²) in [6.45, 7) is 5.76. The maximum atomic E-state index is 13.1. The van der Waals surface area contributed by atoms with Gasteiger partial charge in [-0.25, -0.2) is 4.79 Å². The number of ether oxygens (including phenoxy) is 1. The number of hydrogen-bond donors (Lipinski definition) is 1. The van der Waals surface area contributed by atoms with Crippen molar-refractivity contribution in [3.63, 3.8) is 0 Å². The average molecular weight is 430 g/mol. The van der Waals surface area contributed by atoms with Crippen LogP contribution in [0.15, 0.2) is 24.5 Å². The van der Waals surface area contributed by atoms with Crippen molar-refractivity contribution >= 4 is 23.3 Å². The minimum atomic E-state index is -0.109. The fourth-order valence-electron chi connectivity index (χ4n) is 4.93. The first-order valence-corrected chi connectivity index (χ1v) is 11.2. The number of hydrogen-bond acceptors (Lipinski definition) is 4. The van der Waals surface area contributed by atoms with Crippen LogP contribution in [-0.4, -0.2) is 52.0 Å². The second-order valence-electron chi connectivity index (χ2n) is 9.11. The van der Waals surface area contributed by atoms with Crippen molar-refractivity contribution in [3.05, 3.63) is 40.9 Å². The highest BCUT2D eigenvalue weighted by atomic mass is 35.5. The number of urea groups is 1. The molecule has 2 amide bonds. The van der Waals surface area contributed by atoms with Crippen LogP contribution < -0.4 is 5.32 Å². The fourth-order valence-corrected chi connectivity index (χ4v) is 5.21. The molecule has 5 rings (SSSR count). The van der Waals surface area contributed by atoms with Gasteiger partial charge in [-0.2, -0.15) is 0 Å². The maximum absolute atomic E-state index is 13.1. The van der Waals surface area contributed by atoms with Gasteiger partial charge in [0.2, 0.25) is 0 Å². The summed E-state index contributed by atoms with van der Waals surface area (Å²) >= 11 is 6.34. The quantitative estimate of drug-likeness (QED) is 0.794. The van der Waals surface area contributed by atoms with E-state index in [0.717, 1.165) is 49.9 Å². The maximum Gasteiger partial charge on any atom is 0.321 e. The Bertz CT molecular complexity index is 935. The molecule has 3 aliphatic rings. The molecular formula is C22H28ClN5O2. The smallest absolute Gasteiger partial charge is 0.321 e. The Balaban J connectivity index is 1.38. The van der Waals surface area contributed by atoms with Gasteiger partial charge in [0.25, 0.3) is 0 Å². The molecule has 160 valence electrons. The number of rotatable bonds is 4. The van der Waals surface area contributed by atoms with Crippen molar-refractivity contribution in [3.8, 4) is 0 Å². The molecule has 30 heavy (non-hydrogen) atoms. The lowest BCUT2D eigenvalue weighted by Crippen LogP contribution is -2.38. The van der Waals surface area contributed by atoms with E-state index in [-0.39, 0.29) is 17.4 Å². The van der Waals surface area contributed by atoms with Crippen molar-refractivity contribution < 1.29 is 9.53 Å². The minimum absolute atomic E-state index is 0.0129. The van der Waals surface area contributed by atoms with Crippen LogP contribution in [0.3, 0.4) is 0 Å². The molecule has 0 radical (unpaired) electrons. The number of halogens is 1. The lowest BCUT2D eigenvalue weighted by Gasteiger charge is -2.37. The lowest BCUT2D eigenvalue weighted by atomic mass is 9.71. The van der Waals surface area contributed by atoms with Crippen LogP contribution in [0.5, 0.6) is 0 Å². The SMILES string of the molecule is Cc1ccc(NC(=O)N2CC(c3nncn3CC3CC3)C3(CCOCC3)C2)c(Cl)c1. The van der Waals surface area contributed by atoms with Crippen LogP contribution in [0, 0.1) is 18.3 Å². The molecule has 1 aromatic heterocycles. The first kappa shape index (κ1) is 19.8. The van der Waals surface area contributed by atoms with Crippen LogP contribution in [0.1, 0.15) is 43.0 Å². The topological polar surface area (TPSA) is 72.3 Å². The van der Waals surface area contributed by atoms with Gasteiger partial charge < -0.3 is 19.5 Å². The summed E-state index contributed by atoms with van der Waals surface area (Å²) in [6, 6.07) is 5.57. The molecule has 1 spiro atoms. The van der Waals surface area contributed by atoms with Gasteiger partial charge in [0.15, 0.2) is 0 Å². The van der Waals surface area contributed by atoms with Crippen molar-refractivity contribution in [2.75, 3.05) is 31.6 Å². The number of aromatic nitrogens is 3. The summed E-state index contributed by atoms with van der Waals surface area (Å²) < 4.78 is 7.89. The van der Waals surface area contributed by atoms with Gasteiger partial charge in [0.1, 0.15) is 12.2 Å². The fraction of sp³-hybridized carbons (Fsp3) is 0.591. The third-order valence-corrected chi connectivity index (χ3v) is 7.21. The largest absolute Gasteiger partial charge is 0.381 e. The van der Waals surface area contributed by atoms with Gasteiger partial charge in [-0.3, -0.25) is 0 Å². The van der Waals surface area contributed by atoms with E-state index in [1.807, 2.05) is 36.4 Å². The zero-order valence-electron chi connectivity index (χ0n) is 17.3. The van der Waals surface area contributed by atoms with Gasteiger partial charge in [0.05, 0.1) is 10.7 Å². The Hall–Kier alpha value is -2.12. The highest BCUT2D eigenvalue weighted by molar-refractivity contribution is 6.33. The molecule has 2 aliphatic heterocycles. The zero-order valence-corrected chi connectivity index (χ0v) is 18.1. The zero-order chi connectivity index (χ0) is 20.7. The highest BCUT2D eigenvalue weighted by Gasteiger charge is 2.51. The normalized spacial score (nSPS) is 23.1. The van der Waals surface area contributed by atoms with E-state index in [0.29, 0.717) is 23.8 Å². The summed E-state index contributed by atoms with van der Waals surface area (Å²) in [5.74, 6) is 1.93. The lowest BCUT2D eigenvalue weighted by molar-refractivity contribution is 0.0120. The Morgan fingerprint density at radius 2 is 2.13 bits per heavy atom. The molecule has 2 aromatic rings. The van der Waals surface area contributed by atoms with Crippen LogP contribution in [0.2, 0.25) is 5.02 Å². The Kier molecular flexibility index (Phi) is 5.19. The third-order valence-electron chi connectivity index (χ3n) is 6.90. The van der Waals surface area contributed by atoms with Crippen LogP contribution >= 0.6 is 11.6 Å². The van der Waals surface area contributed by atoms with E-state index in [9.17, 15) is 4.79 Å². The molecular weight excluding hydrogens is 402 g/mol. The third kappa shape index (κ3) is 3.81. The summed E-state index contributed by atoms with van der Waals surface area (Å²) in [6.07, 6.45) is 6.29. The summed E-state index contributed by atoms with van der Waals surface area (Å²) in [5.41, 5.74) is 1.70. The standard InChI is InChI=1S/C22H28ClN5O2/c1-15-2-5-19(18(23)10-15)25-21(29)27-12-17(22(13-27)6-8-30-9-7-22)20-26-24-14-28(20)11-16-3-4-16/h2,5,10,14,16-17H,3-4,6-9,11-13H2,1H3,(H,25,29). The van der Waals surface area contributed by atoms with E-state index >= 15 is 0 Å². The second kappa shape index (κ2) is 7.85. The minimum Gasteiger partial charge on any atom is -0.381 e. The van der Waals surface area contributed by atoms with E-state index in [2.05, 4.69) is 20.1 Å². The van der Waals surface area contributed by atoms with E-state index in [1.165, 1.54) is 12.8 Å².